The Balaban J connectivity index is 2.35. The lowest BCUT2D eigenvalue weighted by Crippen LogP contribution is -2.29. The second-order valence-corrected chi connectivity index (χ2v) is 4.90. The number of pyridine rings is 1. The Bertz CT molecular complexity index is 534. The van der Waals surface area contributed by atoms with Gasteiger partial charge in [0.1, 0.15) is 5.82 Å². The third-order valence-electron chi connectivity index (χ3n) is 3.29. The molecule has 0 aliphatic carbocycles. The maximum atomic E-state index is 5.91. The van der Waals surface area contributed by atoms with Crippen LogP contribution in [-0.4, -0.2) is 4.98 Å². The van der Waals surface area contributed by atoms with Crippen LogP contribution in [0.15, 0.2) is 42.6 Å². The number of nitrogen functional groups attached to an aromatic ring is 1. The summed E-state index contributed by atoms with van der Waals surface area (Å²) in [5.74, 6) is 6.68. The molecule has 0 fully saturated rings. The molecule has 0 aliphatic heterocycles. The molecule has 0 bridgehead atoms. The molecule has 1 aromatic carbocycles. The summed E-state index contributed by atoms with van der Waals surface area (Å²) in [5, 5.41) is 0. The number of hydrogen-bond acceptors (Lipinski definition) is 4. The zero-order chi connectivity index (χ0) is 13.8. The fourth-order valence-electron chi connectivity index (χ4n) is 2.11. The van der Waals surface area contributed by atoms with Crippen LogP contribution in [0.4, 0.5) is 5.82 Å². The molecule has 2 aromatic rings. The quantitative estimate of drug-likeness (QED) is 0.579. The summed E-state index contributed by atoms with van der Waals surface area (Å²) in [6.07, 6.45) is 1.67. The minimum Gasteiger partial charge on any atom is -0.383 e. The van der Waals surface area contributed by atoms with Crippen LogP contribution < -0.4 is 17.0 Å². The summed E-state index contributed by atoms with van der Waals surface area (Å²) in [5.41, 5.74) is 12.0. The lowest BCUT2D eigenvalue weighted by molar-refractivity contribution is 0.636. The number of nitrogens with one attached hydrogen (secondary N) is 1. The average molecular weight is 256 g/mol. The van der Waals surface area contributed by atoms with Gasteiger partial charge in [0.15, 0.2) is 0 Å². The second kappa shape index (κ2) is 5.82. The largest absolute Gasteiger partial charge is 0.383 e. The van der Waals surface area contributed by atoms with E-state index < -0.39 is 0 Å². The first-order chi connectivity index (χ1) is 9.13. The van der Waals surface area contributed by atoms with Crippen molar-refractivity contribution >= 4 is 5.82 Å². The van der Waals surface area contributed by atoms with Gasteiger partial charge in [-0.1, -0.05) is 44.2 Å². The molecule has 5 N–H and O–H groups in total. The fourth-order valence-corrected chi connectivity index (χ4v) is 2.11. The third kappa shape index (κ3) is 2.92. The fraction of sp³-hybridized carbons (Fsp3) is 0.267. The highest BCUT2D eigenvalue weighted by molar-refractivity contribution is 5.45. The lowest BCUT2D eigenvalue weighted by Gasteiger charge is -2.18. The summed E-state index contributed by atoms with van der Waals surface area (Å²) in [6.45, 7) is 4.35. The van der Waals surface area contributed by atoms with E-state index in [0.717, 1.165) is 11.1 Å². The molecule has 0 saturated carbocycles. The summed E-state index contributed by atoms with van der Waals surface area (Å²) < 4.78 is 0. The van der Waals surface area contributed by atoms with Crippen LogP contribution >= 0.6 is 0 Å². The van der Waals surface area contributed by atoms with Gasteiger partial charge in [0.2, 0.25) is 0 Å². The summed E-state index contributed by atoms with van der Waals surface area (Å²) in [6, 6.07) is 12.0. The SMILES string of the molecule is CC(C)c1ccc(C(NN)c2cccnc2N)cc1. The van der Waals surface area contributed by atoms with Crippen LogP contribution in [0.5, 0.6) is 0 Å². The van der Waals surface area contributed by atoms with E-state index >= 15 is 0 Å². The molecule has 1 heterocycles. The smallest absolute Gasteiger partial charge is 0.128 e. The zero-order valence-corrected chi connectivity index (χ0v) is 11.3. The highest BCUT2D eigenvalue weighted by atomic mass is 15.2. The van der Waals surface area contributed by atoms with Gasteiger partial charge in [0, 0.05) is 11.8 Å². The molecular weight excluding hydrogens is 236 g/mol. The first-order valence-electron chi connectivity index (χ1n) is 6.40. The van der Waals surface area contributed by atoms with Crippen molar-refractivity contribution in [1.29, 1.82) is 0 Å². The zero-order valence-electron chi connectivity index (χ0n) is 11.3. The first kappa shape index (κ1) is 13.5. The van der Waals surface area contributed by atoms with Crippen LogP contribution in [0.3, 0.4) is 0 Å². The number of hydrazine groups is 1. The topological polar surface area (TPSA) is 77.0 Å². The highest BCUT2D eigenvalue weighted by Gasteiger charge is 2.15. The van der Waals surface area contributed by atoms with Gasteiger partial charge in [-0.15, -0.1) is 0 Å². The Hall–Kier alpha value is -1.91. The molecule has 0 amide bonds. The van der Waals surface area contributed by atoms with Gasteiger partial charge < -0.3 is 5.73 Å². The van der Waals surface area contributed by atoms with Gasteiger partial charge in [0.25, 0.3) is 0 Å². The van der Waals surface area contributed by atoms with Crippen molar-refractivity contribution in [2.24, 2.45) is 5.84 Å². The molecule has 1 aromatic heterocycles. The van der Waals surface area contributed by atoms with Crippen LogP contribution in [0.2, 0.25) is 0 Å². The minimum atomic E-state index is -0.144. The summed E-state index contributed by atoms with van der Waals surface area (Å²) in [4.78, 5) is 4.10. The van der Waals surface area contributed by atoms with Crippen LogP contribution in [0.25, 0.3) is 0 Å². The number of benzene rings is 1. The van der Waals surface area contributed by atoms with Crippen molar-refractivity contribution < 1.29 is 0 Å². The predicted octanol–water partition coefficient (Wildman–Crippen LogP) is 2.34. The molecular formula is C15H20N4. The monoisotopic (exact) mass is 256 g/mol. The molecule has 0 aliphatic rings. The van der Waals surface area contributed by atoms with E-state index in [1.54, 1.807) is 6.20 Å². The molecule has 19 heavy (non-hydrogen) atoms. The van der Waals surface area contributed by atoms with Crippen molar-refractivity contribution in [2.45, 2.75) is 25.8 Å². The third-order valence-corrected chi connectivity index (χ3v) is 3.29. The van der Waals surface area contributed by atoms with E-state index in [9.17, 15) is 0 Å². The summed E-state index contributed by atoms with van der Waals surface area (Å²) >= 11 is 0. The number of anilines is 1. The Labute approximate surface area is 113 Å². The van der Waals surface area contributed by atoms with Gasteiger partial charge >= 0.3 is 0 Å². The molecule has 2 rings (SSSR count). The molecule has 1 unspecified atom stereocenters. The number of hydrogen-bond donors (Lipinski definition) is 3. The van der Waals surface area contributed by atoms with Crippen molar-refractivity contribution in [1.82, 2.24) is 10.4 Å². The van der Waals surface area contributed by atoms with E-state index in [0.29, 0.717) is 11.7 Å². The summed E-state index contributed by atoms with van der Waals surface area (Å²) in [7, 11) is 0. The molecule has 0 saturated heterocycles. The standard InChI is InChI=1S/C15H20N4/c1-10(2)11-5-7-12(8-6-11)14(19-17)13-4-3-9-18-15(13)16/h3-10,14,19H,17H2,1-2H3,(H2,16,18). The van der Waals surface area contributed by atoms with Crippen molar-refractivity contribution in [2.75, 3.05) is 5.73 Å². The number of nitrogens with zero attached hydrogens (tertiary/aromatic N) is 1. The van der Waals surface area contributed by atoms with Crippen molar-refractivity contribution in [3.05, 3.63) is 59.3 Å². The van der Waals surface area contributed by atoms with Gasteiger partial charge in [-0.2, -0.15) is 0 Å². The van der Waals surface area contributed by atoms with Gasteiger partial charge in [-0.3, -0.25) is 5.84 Å². The molecule has 0 radical (unpaired) electrons. The van der Waals surface area contributed by atoms with Crippen LogP contribution in [0.1, 0.15) is 42.5 Å². The van der Waals surface area contributed by atoms with Crippen molar-refractivity contribution in [3.8, 4) is 0 Å². The molecule has 4 heteroatoms. The number of rotatable bonds is 4. The normalized spacial score (nSPS) is 12.6. The van der Waals surface area contributed by atoms with Crippen LogP contribution in [-0.2, 0) is 0 Å². The van der Waals surface area contributed by atoms with E-state index in [4.69, 9.17) is 11.6 Å². The Morgan fingerprint density at radius 3 is 2.21 bits per heavy atom. The molecule has 0 spiro atoms. The molecule has 4 nitrogen and oxygen atoms in total. The van der Waals surface area contributed by atoms with E-state index in [1.807, 2.05) is 12.1 Å². The van der Waals surface area contributed by atoms with Gasteiger partial charge in [0.05, 0.1) is 6.04 Å². The Morgan fingerprint density at radius 2 is 1.68 bits per heavy atom. The Kier molecular flexibility index (Phi) is 4.14. The Morgan fingerprint density at radius 1 is 1.05 bits per heavy atom. The second-order valence-electron chi connectivity index (χ2n) is 4.90. The number of nitrogens with two attached hydrogens (primary N) is 2. The average Bonchev–Trinajstić information content (AvgIpc) is 2.42. The highest BCUT2D eigenvalue weighted by Crippen LogP contribution is 2.26. The van der Waals surface area contributed by atoms with E-state index in [-0.39, 0.29) is 6.04 Å². The van der Waals surface area contributed by atoms with Crippen LogP contribution in [0, 0.1) is 0 Å². The van der Waals surface area contributed by atoms with Crippen molar-refractivity contribution in [3.63, 3.8) is 0 Å². The number of aromatic nitrogens is 1. The lowest BCUT2D eigenvalue weighted by atomic mass is 9.96. The van der Waals surface area contributed by atoms with Gasteiger partial charge in [-0.25, -0.2) is 10.4 Å². The van der Waals surface area contributed by atoms with E-state index in [2.05, 4.69) is 48.5 Å². The maximum Gasteiger partial charge on any atom is 0.128 e. The van der Waals surface area contributed by atoms with Gasteiger partial charge in [-0.05, 0) is 23.1 Å². The minimum absolute atomic E-state index is 0.144. The maximum absolute atomic E-state index is 5.91. The predicted molar refractivity (Wildman–Crippen MR) is 78.3 cm³/mol. The molecule has 100 valence electrons. The first-order valence-corrected chi connectivity index (χ1v) is 6.40. The van der Waals surface area contributed by atoms with E-state index in [1.165, 1.54) is 5.56 Å². The molecule has 1 atom stereocenters.